The highest BCUT2D eigenvalue weighted by Crippen LogP contribution is 2.28. The van der Waals surface area contributed by atoms with Crippen molar-refractivity contribution < 1.29 is 27.1 Å². The molecule has 6 nitrogen and oxygen atoms in total. The topological polar surface area (TPSA) is 86.6 Å². The molecule has 0 aliphatic carbocycles. The Morgan fingerprint density at radius 2 is 2.08 bits per heavy atom. The van der Waals surface area contributed by atoms with E-state index in [2.05, 4.69) is 10.5 Å². The molecule has 1 aromatic carbocycles. The van der Waals surface area contributed by atoms with Gasteiger partial charge in [0.15, 0.2) is 0 Å². The van der Waals surface area contributed by atoms with Crippen LogP contribution in [0.4, 0.5) is 17.6 Å². The van der Waals surface area contributed by atoms with E-state index in [1.165, 1.54) is 19.2 Å². The summed E-state index contributed by atoms with van der Waals surface area (Å²) in [6.07, 6.45) is -1.14. The highest BCUT2D eigenvalue weighted by molar-refractivity contribution is 6.09. The van der Waals surface area contributed by atoms with Crippen LogP contribution < -0.4 is 10.7 Å². The van der Waals surface area contributed by atoms with Gasteiger partial charge in [0.2, 0.25) is 6.41 Å². The number of ether oxygens (including phenoxy) is 1. The van der Waals surface area contributed by atoms with Crippen LogP contribution in [0.25, 0.3) is 5.57 Å². The molecule has 136 valence electrons. The number of carbonyl (C=O) groups excluding carboxylic acids is 1. The van der Waals surface area contributed by atoms with Crippen LogP contribution in [0.5, 0.6) is 0 Å². The third-order valence-electron chi connectivity index (χ3n) is 2.98. The number of hydrogen-bond acceptors (Lipinski definition) is 5. The maximum Gasteiger partial charge on any atom is 0.312 e. The zero-order valence-corrected chi connectivity index (χ0v) is 13.1. The Hall–Kier alpha value is -2.75. The minimum absolute atomic E-state index is 0.0525. The van der Waals surface area contributed by atoms with Crippen molar-refractivity contribution in [1.82, 2.24) is 10.7 Å². The Bertz CT molecular complexity index is 663. The molecule has 0 atom stereocenters. The van der Waals surface area contributed by atoms with Gasteiger partial charge < -0.3 is 15.5 Å². The number of alkyl halides is 4. The molecule has 0 fully saturated rings. The number of nitrogens with zero attached hydrogens (tertiary/aromatic N) is 1. The van der Waals surface area contributed by atoms with E-state index in [0.717, 1.165) is 12.3 Å². The van der Waals surface area contributed by atoms with Crippen LogP contribution in [-0.4, -0.2) is 38.6 Å². The molecule has 1 aromatic rings. The molecule has 3 N–H and O–H groups in total. The van der Waals surface area contributed by atoms with Gasteiger partial charge in [0.1, 0.15) is 0 Å². The number of amides is 1. The molecule has 10 heteroatoms. The van der Waals surface area contributed by atoms with Gasteiger partial charge in [-0.05, 0) is 11.6 Å². The summed E-state index contributed by atoms with van der Waals surface area (Å²) >= 11 is 0. The zero-order chi connectivity index (χ0) is 18.8. The van der Waals surface area contributed by atoms with Crippen LogP contribution in [0.1, 0.15) is 23.1 Å². The van der Waals surface area contributed by atoms with Crippen molar-refractivity contribution in [2.75, 3.05) is 13.7 Å². The van der Waals surface area contributed by atoms with Crippen LogP contribution >= 0.6 is 0 Å². The average molecular weight is 360 g/mol. The van der Waals surface area contributed by atoms with Crippen LogP contribution in [0, 0.1) is 5.41 Å². The molecule has 0 radical (unpaired) electrons. The van der Waals surface area contributed by atoms with Crippen molar-refractivity contribution in [3.8, 4) is 0 Å². The van der Waals surface area contributed by atoms with Crippen LogP contribution in [0.15, 0.2) is 29.5 Å². The average Bonchev–Trinajstić information content (AvgIpc) is 2.59. The first-order valence-corrected chi connectivity index (χ1v) is 6.87. The molecule has 0 saturated carbocycles. The van der Waals surface area contributed by atoms with Crippen LogP contribution in [-0.2, 0) is 9.53 Å². The fourth-order valence-electron chi connectivity index (χ4n) is 1.96. The van der Waals surface area contributed by atoms with E-state index in [1.807, 2.05) is 0 Å². The molecule has 0 unspecified atom stereocenters. The number of carbonyl (C=O) groups is 1. The molecule has 25 heavy (non-hydrogen) atoms. The van der Waals surface area contributed by atoms with Gasteiger partial charge in [-0.15, -0.1) is 0 Å². The lowest BCUT2D eigenvalue weighted by atomic mass is 9.97. The Balaban J connectivity index is 3.37. The van der Waals surface area contributed by atoms with E-state index in [4.69, 9.17) is 10.1 Å². The minimum Gasteiger partial charge on any atom is -0.378 e. The van der Waals surface area contributed by atoms with Crippen LogP contribution in [0.2, 0.25) is 0 Å². The number of nitrogens with one attached hydrogen (secondary N) is 3. The first-order chi connectivity index (χ1) is 11.9. The Morgan fingerprint density at radius 1 is 1.36 bits per heavy atom. The molecule has 0 saturated heterocycles. The zero-order valence-electron chi connectivity index (χ0n) is 13.1. The second-order valence-corrected chi connectivity index (χ2v) is 4.55. The van der Waals surface area contributed by atoms with E-state index in [0.29, 0.717) is 12.6 Å². The lowest BCUT2D eigenvalue weighted by molar-refractivity contribution is -0.109. The van der Waals surface area contributed by atoms with E-state index < -0.39 is 18.5 Å². The molecule has 0 heterocycles. The van der Waals surface area contributed by atoms with E-state index >= 15 is 0 Å². The highest BCUT2D eigenvalue weighted by Gasteiger charge is 2.18. The van der Waals surface area contributed by atoms with Crippen molar-refractivity contribution in [2.45, 2.75) is 13.0 Å². The third-order valence-corrected chi connectivity index (χ3v) is 2.98. The standard InChI is InChI=1S/C15H16F4N4O2/c1-25-7-13(23-22-8-24)9-2-3-11(12(4-9)14(16)17)10(5-20)6-21-15(18)19/h2-6,8,14-15,20-21H,7H2,1H3,(H,22,24)/b10-6+,20-5?,23-13+. The maximum atomic E-state index is 13.4. The fraction of sp³-hybridized carbons (Fsp3) is 0.267. The fourth-order valence-corrected chi connectivity index (χ4v) is 1.96. The second kappa shape index (κ2) is 10.2. The quantitative estimate of drug-likeness (QED) is 0.197. The smallest absolute Gasteiger partial charge is 0.312 e. The lowest BCUT2D eigenvalue weighted by Gasteiger charge is -2.13. The van der Waals surface area contributed by atoms with Crippen molar-refractivity contribution in [3.63, 3.8) is 0 Å². The number of benzene rings is 1. The summed E-state index contributed by atoms with van der Waals surface area (Å²) in [6.45, 7) is -2.94. The largest absolute Gasteiger partial charge is 0.378 e. The highest BCUT2D eigenvalue weighted by atomic mass is 19.3. The number of allylic oxidation sites excluding steroid dienone is 1. The maximum absolute atomic E-state index is 13.4. The van der Waals surface area contributed by atoms with Gasteiger partial charge in [0, 0.05) is 36.2 Å². The Morgan fingerprint density at radius 3 is 2.60 bits per heavy atom. The Labute approximate surface area is 141 Å². The predicted octanol–water partition coefficient (Wildman–Crippen LogP) is 2.52. The predicted molar refractivity (Wildman–Crippen MR) is 84.9 cm³/mol. The summed E-state index contributed by atoms with van der Waals surface area (Å²) in [5.74, 6) is 0. The number of methoxy groups -OCH3 is 1. The molecular weight excluding hydrogens is 344 g/mol. The van der Waals surface area contributed by atoms with Crippen molar-refractivity contribution in [2.24, 2.45) is 5.10 Å². The molecule has 0 aliphatic rings. The van der Waals surface area contributed by atoms with Gasteiger partial charge in [-0.25, -0.2) is 14.2 Å². The monoisotopic (exact) mass is 360 g/mol. The number of hydrazone groups is 1. The summed E-state index contributed by atoms with van der Waals surface area (Å²) < 4.78 is 56.2. The van der Waals surface area contributed by atoms with E-state index in [1.54, 1.807) is 5.32 Å². The molecular formula is C15H16F4N4O2. The number of halogens is 4. The molecule has 1 amide bonds. The van der Waals surface area contributed by atoms with E-state index in [-0.39, 0.29) is 29.0 Å². The Kier molecular flexibility index (Phi) is 8.27. The van der Waals surface area contributed by atoms with Crippen molar-refractivity contribution in [1.29, 1.82) is 5.41 Å². The molecule has 0 aromatic heterocycles. The second-order valence-electron chi connectivity index (χ2n) is 4.55. The number of rotatable bonds is 10. The van der Waals surface area contributed by atoms with Gasteiger partial charge in [0.05, 0.1) is 12.3 Å². The summed E-state index contributed by atoms with van der Waals surface area (Å²) in [7, 11) is 1.37. The SMILES string of the molecule is COC/C(=N\NC=O)c1ccc(/C(C=N)=C/NC(F)F)c(C(F)F)c1. The normalized spacial score (nSPS) is 12.4. The van der Waals surface area contributed by atoms with Gasteiger partial charge in [-0.3, -0.25) is 4.79 Å². The first kappa shape index (κ1) is 20.3. The van der Waals surface area contributed by atoms with Crippen molar-refractivity contribution in [3.05, 3.63) is 41.1 Å². The summed E-state index contributed by atoms with van der Waals surface area (Å²) in [6, 6.07) is 3.77. The summed E-state index contributed by atoms with van der Waals surface area (Å²) in [4.78, 5) is 10.3. The summed E-state index contributed by atoms with van der Waals surface area (Å²) in [5.41, 5.74) is 1.81. The molecule has 0 aliphatic heterocycles. The summed E-state index contributed by atoms with van der Waals surface area (Å²) in [5, 5.41) is 12.6. The minimum atomic E-state index is -2.92. The van der Waals surface area contributed by atoms with Crippen molar-refractivity contribution >= 4 is 23.9 Å². The molecule has 0 spiro atoms. The lowest BCUT2D eigenvalue weighted by Crippen LogP contribution is -2.16. The number of hydrogen-bond donors (Lipinski definition) is 3. The van der Waals surface area contributed by atoms with Gasteiger partial charge >= 0.3 is 6.55 Å². The van der Waals surface area contributed by atoms with Gasteiger partial charge in [-0.2, -0.15) is 13.9 Å². The molecule has 1 rings (SSSR count). The van der Waals surface area contributed by atoms with Gasteiger partial charge in [-0.1, -0.05) is 12.1 Å². The first-order valence-electron chi connectivity index (χ1n) is 6.87. The third kappa shape index (κ3) is 5.99. The molecule has 0 bridgehead atoms. The van der Waals surface area contributed by atoms with E-state index in [9.17, 15) is 22.4 Å². The van der Waals surface area contributed by atoms with Crippen LogP contribution in [0.3, 0.4) is 0 Å². The van der Waals surface area contributed by atoms with Gasteiger partial charge in [0.25, 0.3) is 6.43 Å².